The highest BCUT2D eigenvalue weighted by atomic mass is 35.5. The molecule has 1 aromatic rings. The van der Waals surface area contributed by atoms with Crippen molar-refractivity contribution in [3.8, 4) is 0 Å². The van der Waals surface area contributed by atoms with Gasteiger partial charge in [-0.25, -0.2) is 8.78 Å². The van der Waals surface area contributed by atoms with Crippen molar-refractivity contribution in [1.82, 2.24) is 10.3 Å². The lowest BCUT2D eigenvalue weighted by Gasteiger charge is -2.25. The van der Waals surface area contributed by atoms with E-state index in [9.17, 15) is 13.6 Å². The molecule has 1 aliphatic heterocycles. The van der Waals surface area contributed by atoms with Crippen molar-refractivity contribution in [2.45, 2.75) is 83.8 Å². The van der Waals surface area contributed by atoms with Gasteiger partial charge in [0.2, 0.25) is 0 Å². The summed E-state index contributed by atoms with van der Waals surface area (Å²) < 4.78 is 29.9. The minimum Gasteiger partial charge on any atom is -0.481 e. The molecule has 1 aliphatic rings. The van der Waals surface area contributed by atoms with E-state index in [1.807, 2.05) is 12.1 Å². The normalized spacial score (nSPS) is 17.0. The maximum atomic E-state index is 12.1. The fourth-order valence-electron chi connectivity index (χ4n) is 4.09. The van der Waals surface area contributed by atoms with E-state index in [1.54, 1.807) is 13.2 Å². The molecular formula is C26H41Cl2F2N3O3. The van der Waals surface area contributed by atoms with Gasteiger partial charge in [-0.05, 0) is 32.0 Å². The summed E-state index contributed by atoms with van der Waals surface area (Å²) in [6.45, 7) is 5.44. The van der Waals surface area contributed by atoms with Crippen LogP contribution in [0, 0.1) is 5.92 Å². The summed E-state index contributed by atoms with van der Waals surface area (Å²) in [5, 5.41) is 18.0. The van der Waals surface area contributed by atoms with Gasteiger partial charge < -0.3 is 15.2 Å². The molecule has 1 heterocycles. The summed E-state index contributed by atoms with van der Waals surface area (Å²) in [6, 6.07) is 5.79. The molecule has 6 nitrogen and oxygen atoms in total. The van der Waals surface area contributed by atoms with Gasteiger partial charge in [0.25, 0.3) is 6.43 Å². The van der Waals surface area contributed by atoms with Crippen molar-refractivity contribution in [2.75, 3.05) is 27.2 Å². The Hall–Kier alpha value is -1.48. The lowest BCUT2D eigenvalue weighted by molar-refractivity contribution is -0.139. The smallest absolute Gasteiger partial charge is 0.314 e. The third-order valence-corrected chi connectivity index (χ3v) is 6.65. The zero-order chi connectivity index (χ0) is 27.1. The summed E-state index contributed by atoms with van der Waals surface area (Å²) in [5.74, 6) is -2.41. The molecule has 3 unspecified atom stereocenters. The van der Waals surface area contributed by atoms with Crippen LogP contribution in [0.2, 0.25) is 10.0 Å². The van der Waals surface area contributed by atoms with Crippen molar-refractivity contribution >= 4 is 34.9 Å². The molecule has 0 saturated heterocycles. The number of hydrogen-bond acceptors (Lipinski definition) is 5. The number of rotatable bonds is 15. The first kappa shape index (κ1) is 32.5. The van der Waals surface area contributed by atoms with Crippen LogP contribution in [0.3, 0.4) is 0 Å². The topological polar surface area (TPSA) is 74.2 Å². The average Bonchev–Trinajstić information content (AvgIpc) is 3.23. The predicted octanol–water partition coefficient (Wildman–Crippen LogP) is 7.05. The van der Waals surface area contributed by atoms with Crippen LogP contribution >= 0.6 is 23.2 Å². The average molecular weight is 553 g/mol. The van der Waals surface area contributed by atoms with E-state index < -0.39 is 24.0 Å². The summed E-state index contributed by atoms with van der Waals surface area (Å²) in [4.78, 5) is 10.4. The van der Waals surface area contributed by atoms with Crippen LogP contribution in [0.4, 0.5) is 8.78 Å². The molecule has 0 saturated carbocycles. The molecule has 36 heavy (non-hydrogen) atoms. The lowest BCUT2D eigenvalue weighted by Crippen LogP contribution is -2.34. The summed E-state index contributed by atoms with van der Waals surface area (Å²) in [5.41, 5.74) is 0.435. The second-order valence-electron chi connectivity index (χ2n) is 9.10. The maximum absolute atomic E-state index is 12.1. The minimum absolute atomic E-state index is 0.0228. The maximum Gasteiger partial charge on any atom is 0.314 e. The molecule has 2 rings (SSSR count). The van der Waals surface area contributed by atoms with E-state index in [-0.39, 0.29) is 18.7 Å². The van der Waals surface area contributed by atoms with Gasteiger partial charge in [-0.15, -0.1) is 0 Å². The van der Waals surface area contributed by atoms with Gasteiger partial charge in [-0.1, -0.05) is 81.1 Å². The van der Waals surface area contributed by atoms with E-state index in [1.165, 1.54) is 63.4 Å². The van der Waals surface area contributed by atoms with Gasteiger partial charge in [0, 0.05) is 35.8 Å². The van der Waals surface area contributed by atoms with Gasteiger partial charge in [0.05, 0.1) is 12.6 Å². The predicted molar refractivity (Wildman–Crippen MR) is 143 cm³/mol. The fraction of sp³-hybridized carbons (Fsp3) is 0.692. The van der Waals surface area contributed by atoms with Crippen LogP contribution in [0.25, 0.3) is 0 Å². The molecule has 0 amide bonds. The number of hydrogen-bond donors (Lipinski definition) is 2. The molecule has 2 N–H and O–H groups in total. The fourth-order valence-corrected chi connectivity index (χ4v) is 4.61. The van der Waals surface area contributed by atoms with Crippen LogP contribution in [-0.4, -0.2) is 61.5 Å². The Morgan fingerprint density at radius 3 is 2.31 bits per heavy atom. The van der Waals surface area contributed by atoms with Crippen molar-refractivity contribution in [3.05, 3.63) is 33.8 Å². The number of carbonyl (C=O) groups is 1. The highest BCUT2D eigenvalue weighted by Crippen LogP contribution is 2.30. The number of benzene rings is 1. The van der Waals surface area contributed by atoms with Crippen LogP contribution in [0.5, 0.6) is 0 Å². The first-order valence-corrected chi connectivity index (χ1v) is 13.4. The van der Waals surface area contributed by atoms with Crippen molar-refractivity contribution in [2.24, 2.45) is 11.0 Å². The Kier molecular flexibility index (Phi) is 16.2. The van der Waals surface area contributed by atoms with Crippen molar-refractivity contribution in [3.63, 3.8) is 0 Å². The first-order chi connectivity index (χ1) is 17.1. The molecule has 0 radical (unpaired) electrons. The van der Waals surface area contributed by atoms with E-state index in [0.717, 1.165) is 12.1 Å². The zero-order valence-electron chi connectivity index (χ0n) is 21.8. The molecule has 3 atom stereocenters. The number of hydrazone groups is 1. The third-order valence-electron chi connectivity index (χ3n) is 6.09. The number of nitrogens with zero attached hydrogens (tertiary/aromatic N) is 2. The van der Waals surface area contributed by atoms with Gasteiger partial charge in [0.1, 0.15) is 11.6 Å². The van der Waals surface area contributed by atoms with Crippen LogP contribution in [-0.2, 0) is 9.53 Å². The first-order valence-electron chi connectivity index (χ1n) is 12.6. The van der Waals surface area contributed by atoms with E-state index in [4.69, 9.17) is 33.0 Å². The van der Waals surface area contributed by atoms with Crippen molar-refractivity contribution < 1.29 is 23.4 Å². The van der Waals surface area contributed by atoms with Gasteiger partial charge in [0.15, 0.2) is 0 Å². The van der Waals surface area contributed by atoms with Crippen molar-refractivity contribution in [1.29, 1.82) is 0 Å². The number of nitrogens with one attached hydrogen (secondary N) is 1. The van der Waals surface area contributed by atoms with Crippen LogP contribution in [0.1, 0.15) is 76.9 Å². The molecule has 206 valence electrons. The summed E-state index contributed by atoms with van der Waals surface area (Å²) >= 11 is 12.3. The van der Waals surface area contributed by atoms with Crippen LogP contribution < -0.4 is 5.32 Å². The van der Waals surface area contributed by atoms with Gasteiger partial charge >= 0.3 is 5.97 Å². The van der Waals surface area contributed by atoms with E-state index >= 15 is 0 Å². The standard InChI is InChI=1S/C20H33Cl2NO.C6H8F2N2O2/c1-4-5-6-7-8-9-10-11-14-23-16(2)20(24-3)18-13-12-17(21)15-19(18)22;1-10-2-3(6(11)12)4(9-10)5(7)8/h12-13,15-16,20,23H,4-11,14H2,1-3H3;3,5H,2H2,1H3,(H,11,12). The van der Waals surface area contributed by atoms with Crippen LogP contribution in [0.15, 0.2) is 23.3 Å². The Morgan fingerprint density at radius 1 is 1.19 bits per heavy atom. The number of methoxy groups -OCH3 is 1. The molecule has 0 fully saturated rings. The number of carboxylic acid groups (broad SMARTS) is 1. The number of carboxylic acids is 1. The Balaban J connectivity index is 0.000000450. The highest BCUT2D eigenvalue weighted by Gasteiger charge is 2.36. The number of halogens is 4. The zero-order valence-corrected chi connectivity index (χ0v) is 23.3. The Labute approximate surface area is 224 Å². The largest absolute Gasteiger partial charge is 0.481 e. The number of unbranched alkanes of at least 4 members (excludes halogenated alkanes) is 7. The quantitative estimate of drug-likeness (QED) is 0.228. The summed E-state index contributed by atoms with van der Waals surface area (Å²) in [7, 11) is 3.19. The summed E-state index contributed by atoms with van der Waals surface area (Å²) in [6.07, 6.45) is 7.85. The molecule has 0 bridgehead atoms. The minimum atomic E-state index is -2.78. The number of alkyl halides is 2. The lowest BCUT2D eigenvalue weighted by atomic mass is 10.0. The molecule has 0 aliphatic carbocycles. The Bertz CT molecular complexity index is 815. The van der Waals surface area contributed by atoms with Gasteiger partial charge in [-0.3, -0.25) is 9.80 Å². The number of aliphatic carboxylic acids is 1. The second kappa shape index (κ2) is 17.9. The molecule has 10 heteroatoms. The third kappa shape index (κ3) is 11.7. The molecular weight excluding hydrogens is 511 g/mol. The Morgan fingerprint density at radius 2 is 1.81 bits per heavy atom. The monoisotopic (exact) mass is 551 g/mol. The molecule has 1 aromatic carbocycles. The molecule has 0 aromatic heterocycles. The highest BCUT2D eigenvalue weighted by molar-refractivity contribution is 6.35. The molecule has 0 spiro atoms. The van der Waals surface area contributed by atoms with Gasteiger partial charge in [-0.2, -0.15) is 5.10 Å². The number of ether oxygens (including phenoxy) is 1. The van der Waals surface area contributed by atoms with E-state index in [2.05, 4.69) is 24.3 Å². The van der Waals surface area contributed by atoms with E-state index in [0.29, 0.717) is 10.0 Å². The SMILES string of the molecule is CCCCCCCCCCNC(C)C(OC)c1ccc(Cl)cc1Cl.CN1CC(C(=O)O)C(C(F)F)=N1. The second-order valence-corrected chi connectivity index (χ2v) is 9.94.